The molecule has 8 heteroatoms. The van der Waals surface area contributed by atoms with Crippen molar-refractivity contribution in [2.45, 2.75) is 26.9 Å². The Morgan fingerprint density at radius 3 is 2.65 bits per heavy atom. The molecule has 0 saturated carbocycles. The number of phenolic OH excluding ortho intramolecular Hbond substituents is 1. The zero-order valence-corrected chi connectivity index (χ0v) is 20.6. The summed E-state index contributed by atoms with van der Waals surface area (Å²) < 4.78 is 6.03. The highest BCUT2D eigenvalue weighted by Gasteiger charge is 2.25. The van der Waals surface area contributed by atoms with Crippen LogP contribution in [0.4, 0.5) is 5.69 Å². The monoisotopic (exact) mass is 538 g/mol. The quantitative estimate of drug-likeness (QED) is 0.235. The number of hydrogen-bond donors (Lipinski definition) is 3. The minimum absolute atomic E-state index is 0. The second kappa shape index (κ2) is 11.9. The highest BCUT2D eigenvalue weighted by Crippen LogP contribution is 2.26. The van der Waals surface area contributed by atoms with E-state index in [1.54, 1.807) is 12.1 Å². The highest BCUT2D eigenvalue weighted by molar-refractivity contribution is 14.0. The molecule has 0 aromatic heterocycles. The first kappa shape index (κ1) is 24.9. The molecule has 7 nitrogen and oxygen atoms in total. The van der Waals surface area contributed by atoms with Gasteiger partial charge >= 0.3 is 0 Å². The standard InChI is InChI=1S/C23H30N4O3.HI/c1-4-24-23(25-14-22(29)26-18-6-8-19(28)9-7-18)27-11-12-30-21(15-27)20-10-5-16(2)13-17(20)3;/h5-10,13,21,28H,4,11-12,14-15H2,1-3H3,(H,24,25)(H,26,29);1H. The summed E-state index contributed by atoms with van der Waals surface area (Å²) in [5.41, 5.74) is 4.26. The summed E-state index contributed by atoms with van der Waals surface area (Å²) in [5.74, 6) is 0.651. The number of carbonyl (C=O) groups is 1. The van der Waals surface area contributed by atoms with E-state index in [2.05, 4.69) is 52.6 Å². The molecule has 3 N–H and O–H groups in total. The smallest absolute Gasteiger partial charge is 0.246 e. The molecule has 31 heavy (non-hydrogen) atoms. The van der Waals surface area contributed by atoms with Gasteiger partial charge in [0, 0.05) is 18.8 Å². The van der Waals surface area contributed by atoms with Crippen molar-refractivity contribution in [3.05, 3.63) is 59.2 Å². The maximum Gasteiger partial charge on any atom is 0.246 e. The molecule has 2 aromatic carbocycles. The van der Waals surface area contributed by atoms with Crippen LogP contribution in [0.1, 0.15) is 29.7 Å². The van der Waals surface area contributed by atoms with E-state index in [1.807, 2.05) is 6.92 Å². The van der Waals surface area contributed by atoms with Crippen LogP contribution < -0.4 is 10.6 Å². The van der Waals surface area contributed by atoms with E-state index in [-0.39, 0.29) is 48.3 Å². The molecule has 1 aliphatic rings. The molecule has 1 unspecified atom stereocenters. The lowest BCUT2D eigenvalue weighted by molar-refractivity contribution is -0.114. The van der Waals surface area contributed by atoms with Crippen molar-refractivity contribution in [2.24, 2.45) is 4.99 Å². The lowest BCUT2D eigenvalue weighted by Gasteiger charge is -2.35. The fourth-order valence-electron chi connectivity index (χ4n) is 3.53. The van der Waals surface area contributed by atoms with Crippen molar-refractivity contribution >= 4 is 41.5 Å². The normalized spacial score (nSPS) is 16.4. The number of guanidine groups is 1. The molecule has 0 spiro atoms. The van der Waals surface area contributed by atoms with Crippen molar-refractivity contribution in [3.63, 3.8) is 0 Å². The number of ether oxygens (including phenoxy) is 1. The third-order valence-electron chi connectivity index (χ3n) is 5.00. The van der Waals surface area contributed by atoms with E-state index >= 15 is 0 Å². The minimum atomic E-state index is -0.213. The van der Waals surface area contributed by atoms with Gasteiger partial charge in [-0.05, 0) is 56.2 Å². The van der Waals surface area contributed by atoms with Crippen molar-refractivity contribution in [2.75, 3.05) is 38.1 Å². The first-order chi connectivity index (χ1) is 14.5. The number of anilines is 1. The van der Waals surface area contributed by atoms with E-state index in [0.717, 1.165) is 0 Å². The molecule has 1 amide bonds. The first-order valence-electron chi connectivity index (χ1n) is 10.3. The van der Waals surface area contributed by atoms with Gasteiger partial charge in [-0.2, -0.15) is 0 Å². The zero-order chi connectivity index (χ0) is 21.5. The average Bonchev–Trinajstić information content (AvgIpc) is 2.73. The van der Waals surface area contributed by atoms with Crippen molar-refractivity contribution in [1.82, 2.24) is 10.2 Å². The molecule has 1 aliphatic heterocycles. The van der Waals surface area contributed by atoms with Crippen LogP contribution >= 0.6 is 24.0 Å². The number of rotatable bonds is 5. The van der Waals surface area contributed by atoms with Gasteiger partial charge in [-0.3, -0.25) is 4.79 Å². The molecular formula is C23H31IN4O3. The van der Waals surface area contributed by atoms with E-state index in [0.29, 0.717) is 37.9 Å². The Morgan fingerprint density at radius 2 is 1.97 bits per heavy atom. The highest BCUT2D eigenvalue weighted by atomic mass is 127. The summed E-state index contributed by atoms with van der Waals surface area (Å²) in [6, 6.07) is 12.8. The second-order valence-electron chi connectivity index (χ2n) is 7.43. The molecule has 168 valence electrons. The number of phenols is 1. The molecule has 2 aromatic rings. The molecule has 1 heterocycles. The summed E-state index contributed by atoms with van der Waals surface area (Å²) in [6.07, 6.45) is -0.0333. The number of aliphatic imine (C=N–C) groups is 1. The molecule has 0 aliphatic carbocycles. The molecular weight excluding hydrogens is 507 g/mol. The fourth-order valence-corrected chi connectivity index (χ4v) is 3.53. The molecule has 0 radical (unpaired) electrons. The maximum absolute atomic E-state index is 12.3. The first-order valence-corrected chi connectivity index (χ1v) is 10.3. The van der Waals surface area contributed by atoms with Gasteiger partial charge < -0.3 is 25.4 Å². The predicted molar refractivity (Wildman–Crippen MR) is 134 cm³/mol. The number of benzene rings is 2. The van der Waals surface area contributed by atoms with Crippen LogP contribution in [0.15, 0.2) is 47.5 Å². The van der Waals surface area contributed by atoms with Crippen LogP contribution in [0.2, 0.25) is 0 Å². The van der Waals surface area contributed by atoms with E-state index in [1.165, 1.54) is 28.8 Å². The average molecular weight is 538 g/mol. The topological polar surface area (TPSA) is 86.2 Å². The summed E-state index contributed by atoms with van der Waals surface area (Å²) in [5, 5.41) is 15.4. The Hall–Kier alpha value is -2.33. The largest absolute Gasteiger partial charge is 0.508 e. The third kappa shape index (κ3) is 7.10. The molecule has 3 rings (SSSR count). The molecule has 1 fully saturated rings. The van der Waals surface area contributed by atoms with Crippen molar-refractivity contribution < 1.29 is 14.6 Å². The Bertz CT molecular complexity index is 902. The number of nitrogens with zero attached hydrogens (tertiary/aromatic N) is 2. The number of amides is 1. The number of carbonyl (C=O) groups excluding carboxylic acids is 1. The van der Waals surface area contributed by atoms with Crippen LogP contribution in [0.3, 0.4) is 0 Å². The van der Waals surface area contributed by atoms with Crippen LogP contribution in [0.5, 0.6) is 5.75 Å². The Labute approximate surface area is 200 Å². The van der Waals surface area contributed by atoms with Gasteiger partial charge in [0.05, 0.1) is 13.2 Å². The Kier molecular flexibility index (Phi) is 9.57. The number of hydrogen-bond acceptors (Lipinski definition) is 4. The van der Waals surface area contributed by atoms with Crippen LogP contribution in [-0.2, 0) is 9.53 Å². The number of halogens is 1. The maximum atomic E-state index is 12.3. The third-order valence-corrected chi connectivity index (χ3v) is 5.00. The SMILES string of the molecule is CCNC(=NCC(=O)Nc1ccc(O)cc1)N1CCOC(c2ccc(C)cc2C)C1.I. The van der Waals surface area contributed by atoms with Gasteiger partial charge in [0.25, 0.3) is 0 Å². The Morgan fingerprint density at radius 1 is 1.23 bits per heavy atom. The van der Waals surface area contributed by atoms with E-state index in [4.69, 9.17) is 4.74 Å². The zero-order valence-electron chi connectivity index (χ0n) is 18.2. The number of nitrogens with one attached hydrogen (secondary N) is 2. The van der Waals surface area contributed by atoms with Crippen LogP contribution in [0.25, 0.3) is 0 Å². The molecule has 0 bridgehead atoms. The van der Waals surface area contributed by atoms with Gasteiger partial charge in [0.1, 0.15) is 18.4 Å². The van der Waals surface area contributed by atoms with Gasteiger partial charge in [-0.15, -0.1) is 24.0 Å². The van der Waals surface area contributed by atoms with Gasteiger partial charge in [0.2, 0.25) is 5.91 Å². The fraction of sp³-hybridized carbons (Fsp3) is 0.391. The van der Waals surface area contributed by atoms with Crippen LogP contribution in [-0.4, -0.2) is 54.7 Å². The van der Waals surface area contributed by atoms with E-state index < -0.39 is 0 Å². The van der Waals surface area contributed by atoms with Crippen LogP contribution in [0, 0.1) is 13.8 Å². The minimum Gasteiger partial charge on any atom is -0.508 e. The lowest BCUT2D eigenvalue weighted by Crippen LogP contribution is -2.48. The Balaban J connectivity index is 0.00000341. The van der Waals surface area contributed by atoms with Crippen molar-refractivity contribution in [1.29, 1.82) is 0 Å². The second-order valence-corrected chi connectivity index (χ2v) is 7.43. The summed E-state index contributed by atoms with van der Waals surface area (Å²) in [4.78, 5) is 19.0. The van der Waals surface area contributed by atoms with Crippen molar-refractivity contribution in [3.8, 4) is 5.75 Å². The van der Waals surface area contributed by atoms with Gasteiger partial charge in [0.15, 0.2) is 5.96 Å². The predicted octanol–water partition coefficient (Wildman–Crippen LogP) is 3.60. The van der Waals surface area contributed by atoms with Gasteiger partial charge in [-0.1, -0.05) is 23.8 Å². The number of aromatic hydroxyl groups is 1. The summed E-state index contributed by atoms with van der Waals surface area (Å²) >= 11 is 0. The molecule has 1 atom stereocenters. The molecule has 1 saturated heterocycles. The number of morpholine rings is 1. The van der Waals surface area contributed by atoms with Gasteiger partial charge in [-0.25, -0.2) is 4.99 Å². The van der Waals surface area contributed by atoms with E-state index in [9.17, 15) is 9.90 Å². The summed E-state index contributed by atoms with van der Waals surface area (Å²) in [7, 11) is 0. The lowest BCUT2D eigenvalue weighted by atomic mass is 10.00. The summed E-state index contributed by atoms with van der Waals surface area (Å²) in [6.45, 7) is 8.92. The number of aryl methyl sites for hydroxylation is 2.